The number of benzene rings is 3. The van der Waals surface area contributed by atoms with E-state index in [1.165, 1.54) is 16.8 Å². The quantitative estimate of drug-likeness (QED) is 0.264. The summed E-state index contributed by atoms with van der Waals surface area (Å²) in [4.78, 5) is 38.8. The smallest absolute Gasteiger partial charge is 0.363 e. The van der Waals surface area contributed by atoms with Crippen LogP contribution in [0.3, 0.4) is 0 Å². The lowest BCUT2D eigenvalue weighted by Crippen LogP contribution is -2.41. The number of carbonyl (C=O) groups excluding carboxylic acids is 3. The van der Waals surface area contributed by atoms with Crippen LogP contribution in [0.4, 0.5) is 27.6 Å². The molecule has 0 fully saturated rings. The van der Waals surface area contributed by atoms with Gasteiger partial charge in [0, 0.05) is 40.6 Å². The lowest BCUT2D eigenvalue weighted by molar-refractivity contribution is -0.137. The van der Waals surface area contributed by atoms with E-state index in [0.717, 1.165) is 18.2 Å². The van der Waals surface area contributed by atoms with E-state index < -0.39 is 46.5 Å². The number of allylic oxidation sites excluding steroid dienone is 2. The summed E-state index contributed by atoms with van der Waals surface area (Å²) in [7, 11) is 1.55. The number of alkyl halides is 3. The molecule has 220 valence electrons. The second-order valence-corrected chi connectivity index (χ2v) is 10.6. The Balaban J connectivity index is 1.61. The normalized spacial score (nSPS) is 18.2. The van der Waals surface area contributed by atoms with Crippen molar-refractivity contribution in [1.82, 2.24) is 15.1 Å². The van der Waals surface area contributed by atoms with Gasteiger partial charge in [0.1, 0.15) is 17.2 Å². The maximum atomic E-state index is 14.3. The summed E-state index contributed by atoms with van der Waals surface area (Å²) in [5.74, 6) is -4.38. The number of rotatable bonds is 4. The van der Waals surface area contributed by atoms with Crippen molar-refractivity contribution >= 4 is 51.4 Å². The molecule has 1 aliphatic carbocycles. The van der Waals surface area contributed by atoms with E-state index >= 15 is 0 Å². The van der Waals surface area contributed by atoms with Gasteiger partial charge in [-0.3, -0.25) is 19.1 Å². The minimum atomic E-state index is -4.96. The van der Waals surface area contributed by atoms with Gasteiger partial charge >= 0.3 is 6.18 Å². The number of fused-ring (bicyclic) bond motifs is 3. The summed E-state index contributed by atoms with van der Waals surface area (Å²) in [6, 6.07) is 5.61. The Morgan fingerprint density at radius 2 is 1.84 bits per heavy atom. The highest BCUT2D eigenvalue weighted by atomic mass is 35.5. The molecule has 43 heavy (non-hydrogen) atoms. The molecule has 2 heterocycles. The van der Waals surface area contributed by atoms with Gasteiger partial charge in [0.25, 0.3) is 11.8 Å². The zero-order chi connectivity index (χ0) is 31.0. The minimum Gasteiger partial charge on any atom is -0.363 e. The largest absolute Gasteiger partial charge is 0.416 e. The summed E-state index contributed by atoms with van der Waals surface area (Å²) in [5.41, 5.74) is -4.76. The number of ketones is 1. The Morgan fingerprint density at radius 3 is 2.51 bits per heavy atom. The molecule has 0 spiro atoms. The first-order valence-electron chi connectivity index (χ1n) is 12.6. The highest BCUT2D eigenvalue weighted by Crippen LogP contribution is 2.46. The van der Waals surface area contributed by atoms with E-state index in [1.54, 1.807) is 7.05 Å². The molecule has 8 nitrogen and oxygen atoms in total. The van der Waals surface area contributed by atoms with Crippen LogP contribution in [-0.2, 0) is 23.7 Å². The topological polar surface area (TPSA) is 113 Å². The molecule has 1 atom stereocenters. The van der Waals surface area contributed by atoms with Crippen LogP contribution in [0.25, 0.3) is 16.5 Å². The molecule has 3 aromatic carbocycles. The number of aromatic nitrogens is 2. The third kappa shape index (κ3) is 4.64. The molecule has 1 aromatic heterocycles. The Bertz CT molecular complexity index is 1950. The van der Waals surface area contributed by atoms with Crippen molar-refractivity contribution in [3.63, 3.8) is 0 Å². The Hall–Kier alpha value is -4.62. The van der Waals surface area contributed by atoms with Gasteiger partial charge in [-0.1, -0.05) is 11.6 Å². The SMILES string of the molecule is Cn1nc2c3c(c(NC(=O)c4cc(F)cc(C(F)(F)F)c4)cc2c1C1=CC(=O)CC1)C(O)(c1cc(F)ccc1Cl)NC3=O. The number of nitrogens with one attached hydrogen (secondary N) is 2. The zero-order valence-corrected chi connectivity index (χ0v) is 22.6. The van der Waals surface area contributed by atoms with Crippen LogP contribution in [0.1, 0.15) is 55.9 Å². The fourth-order valence-corrected chi connectivity index (χ4v) is 5.79. The average molecular weight is 617 g/mol. The Kier molecular flexibility index (Phi) is 6.43. The number of hydrogen-bond donors (Lipinski definition) is 3. The number of aryl methyl sites for hydroxylation is 1. The van der Waals surface area contributed by atoms with E-state index in [-0.39, 0.29) is 56.6 Å². The van der Waals surface area contributed by atoms with Crippen LogP contribution < -0.4 is 10.6 Å². The van der Waals surface area contributed by atoms with Crippen molar-refractivity contribution in [2.75, 3.05) is 5.32 Å². The lowest BCUT2D eigenvalue weighted by Gasteiger charge is -2.27. The molecule has 4 aromatic rings. The number of carbonyl (C=O) groups is 3. The second kappa shape index (κ2) is 9.71. The number of aliphatic hydroxyl groups is 1. The van der Waals surface area contributed by atoms with Gasteiger partial charge in [-0.2, -0.15) is 18.3 Å². The van der Waals surface area contributed by atoms with Crippen molar-refractivity contribution in [2.24, 2.45) is 7.05 Å². The Labute approximate surface area is 243 Å². The van der Waals surface area contributed by atoms with Crippen LogP contribution in [0.2, 0.25) is 5.02 Å². The van der Waals surface area contributed by atoms with Crippen molar-refractivity contribution in [3.8, 4) is 0 Å². The summed E-state index contributed by atoms with van der Waals surface area (Å²) in [5, 5.41) is 21.2. The van der Waals surface area contributed by atoms with Crippen LogP contribution >= 0.6 is 11.6 Å². The second-order valence-electron chi connectivity index (χ2n) is 10.1. The number of halogens is 6. The molecule has 1 aliphatic heterocycles. The van der Waals surface area contributed by atoms with Crippen molar-refractivity contribution in [1.29, 1.82) is 0 Å². The minimum absolute atomic E-state index is 0.0526. The molecule has 6 rings (SSSR count). The maximum absolute atomic E-state index is 14.3. The highest BCUT2D eigenvalue weighted by Gasteiger charge is 2.48. The van der Waals surface area contributed by atoms with Gasteiger partial charge in [-0.25, -0.2) is 8.78 Å². The molecular formula is C29H18ClF5N4O4. The highest BCUT2D eigenvalue weighted by molar-refractivity contribution is 6.31. The molecule has 2 amide bonds. The van der Waals surface area contributed by atoms with Gasteiger partial charge in [0.05, 0.1) is 22.5 Å². The fraction of sp³-hybridized carbons (Fsp3) is 0.172. The van der Waals surface area contributed by atoms with Crippen LogP contribution in [0.15, 0.2) is 48.5 Å². The molecule has 0 bridgehead atoms. The first-order valence-corrected chi connectivity index (χ1v) is 13.0. The number of anilines is 1. The molecule has 14 heteroatoms. The van der Waals surface area contributed by atoms with Gasteiger partial charge in [-0.15, -0.1) is 0 Å². The summed E-state index contributed by atoms with van der Waals surface area (Å²) in [6.45, 7) is 0. The molecule has 1 unspecified atom stereocenters. The predicted molar refractivity (Wildman–Crippen MR) is 144 cm³/mol. The lowest BCUT2D eigenvalue weighted by atomic mass is 9.90. The third-order valence-corrected chi connectivity index (χ3v) is 7.68. The molecule has 0 saturated carbocycles. The van der Waals surface area contributed by atoms with Crippen LogP contribution in [0.5, 0.6) is 0 Å². The fourth-order valence-electron chi connectivity index (χ4n) is 5.54. The average Bonchev–Trinajstić information content (AvgIpc) is 3.57. The first kappa shape index (κ1) is 28.5. The van der Waals surface area contributed by atoms with Gasteiger partial charge in [0.15, 0.2) is 11.5 Å². The number of amides is 2. The third-order valence-electron chi connectivity index (χ3n) is 7.35. The van der Waals surface area contributed by atoms with Crippen LogP contribution in [-0.4, -0.2) is 32.5 Å². The molecule has 0 radical (unpaired) electrons. The molecule has 2 aliphatic rings. The van der Waals surface area contributed by atoms with E-state index in [4.69, 9.17) is 11.6 Å². The van der Waals surface area contributed by atoms with E-state index in [1.807, 2.05) is 0 Å². The first-order chi connectivity index (χ1) is 20.2. The standard InChI is InChI=1S/C29H18ClF5N4O4/c1-39-25(12-2-4-17(40)8-12)18-11-21(36-26(41)13-6-14(29(33,34)35)9-16(32)7-13)23-22(24(18)38-39)27(42)37-28(23,43)19-10-15(31)3-5-20(19)30/h3,5-11,43H,2,4H2,1H3,(H,36,41)(H,37,42). The monoisotopic (exact) mass is 616 g/mol. The van der Waals surface area contributed by atoms with E-state index in [0.29, 0.717) is 29.8 Å². The molecular weight excluding hydrogens is 599 g/mol. The Morgan fingerprint density at radius 1 is 1.09 bits per heavy atom. The molecule has 3 N–H and O–H groups in total. The van der Waals surface area contributed by atoms with Gasteiger partial charge < -0.3 is 15.7 Å². The summed E-state index contributed by atoms with van der Waals surface area (Å²) in [6.07, 6.45) is -2.96. The number of nitrogens with zero attached hydrogens (tertiary/aromatic N) is 2. The summed E-state index contributed by atoms with van der Waals surface area (Å²) < 4.78 is 70.0. The van der Waals surface area contributed by atoms with Gasteiger partial charge in [-0.05, 0) is 60.5 Å². The molecule has 0 saturated heterocycles. The zero-order valence-electron chi connectivity index (χ0n) is 21.9. The summed E-state index contributed by atoms with van der Waals surface area (Å²) >= 11 is 6.29. The van der Waals surface area contributed by atoms with Crippen LogP contribution in [0, 0.1) is 11.6 Å². The van der Waals surface area contributed by atoms with Gasteiger partial charge in [0.2, 0.25) is 0 Å². The van der Waals surface area contributed by atoms with Crippen molar-refractivity contribution in [3.05, 3.63) is 98.7 Å². The van der Waals surface area contributed by atoms with E-state index in [2.05, 4.69) is 15.7 Å². The van der Waals surface area contributed by atoms with Crippen molar-refractivity contribution in [2.45, 2.75) is 24.7 Å². The maximum Gasteiger partial charge on any atom is 0.416 e. The van der Waals surface area contributed by atoms with Crippen molar-refractivity contribution < 1.29 is 41.4 Å². The predicted octanol–water partition coefficient (Wildman–Crippen LogP) is 5.46. The number of hydrogen-bond acceptors (Lipinski definition) is 5. The van der Waals surface area contributed by atoms with E-state index in [9.17, 15) is 41.4 Å².